The van der Waals surface area contributed by atoms with Crippen molar-refractivity contribution in [3.8, 4) is 0 Å². The van der Waals surface area contributed by atoms with Gasteiger partial charge in [0.1, 0.15) is 0 Å². The predicted octanol–water partition coefficient (Wildman–Crippen LogP) is 2.65. The van der Waals surface area contributed by atoms with Crippen molar-refractivity contribution in [2.75, 3.05) is 0 Å². The molecule has 3 heteroatoms. The van der Waals surface area contributed by atoms with Crippen LogP contribution < -0.4 is 5.32 Å². The highest BCUT2D eigenvalue weighted by atomic mass is 15.3. The van der Waals surface area contributed by atoms with Crippen molar-refractivity contribution in [1.29, 1.82) is 0 Å². The van der Waals surface area contributed by atoms with Crippen LogP contribution in [0.3, 0.4) is 0 Å². The highest BCUT2D eigenvalue weighted by molar-refractivity contribution is 5.10. The second kappa shape index (κ2) is 6.69. The first-order valence-corrected chi connectivity index (χ1v) is 6.46. The van der Waals surface area contributed by atoms with Crippen LogP contribution in [0.25, 0.3) is 0 Å². The van der Waals surface area contributed by atoms with Crippen molar-refractivity contribution in [3.05, 3.63) is 17.5 Å². The summed E-state index contributed by atoms with van der Waals surface area (Å²) < 4.78 is 1.99. The first-order valence-electron chi connectivity index (χ1n) is 6.46. The molecule has 0 bridgehead atoms. The molecule has 0 saturated carbocycles. The molecule has 1 N–H and O–H groups in total. The average molecular weight is 223 g/mol. The van der Waals surface area contributed by atoms with Crippen LogP contribution >= 0.6 is 0 Å². The Labute approximate surface area is 99.2 Å². The Bertz CT molecular complexity index is 304. The van der Waals surface area contributed by atoms with Crippen LogP contribution in [-0.4, -0.2) is 15.8 Å². The molecular weight excluding hydrogens is 198 g/mol. The Balaban J connectivity index is 2.49. The number of hydrogen-bond donors (Lipinski definition) is 1. The largest absolute Gasteiger partial charge is 0.308 e. The summed E-state index contributed by atoms with van der Waals surface area (Å²) in [4.78, 5) is 0. The van der Waals surface area contributed by atoms with Crippen LogP contribution in [-0.2, 0) is 20.0 Å². The molecule has 0 amide bonds. The van der Waals surface area contributed by atoms with Crippen LogP contribution in [0, 0.1) is 0 Å². The summed E-state index contributed by atoms with van der Waals surface area (Å²) in [5.74, 6) is 0. The molecule has 0 radical (unpaired) electrons. The van der Waals surface area contributed by atoms with Crippen molar-refractivity contribution in [2.24, 2.45) is 7.05 Å². The van der Waals surface area contributed by atoms with E-state index in [0.717, 1.165) is 13.0 Å². The molecule has 1 atom stereocenters. The number of nitrogens with zero attached hydrogens (tertiary/aromatic N) is 2. The molecule has 1 aromatic heterocycles. The van der Waals surface area contributed by atoms with E-state index in [1.165, 1.54) is 30.7 Å². The second-order valence-electron chi connectivity index (χ2n) is 4.38. The monoisotopic (exact) mass is 223 g/mol. The lowest BCUT2D eigenvalue weighted by Gasteiger charge is -2.15. The van der Waals surface area contributed by atoms with Crippen LogP contribution in [0.4, 0.5) is 0 Å². The molecule has 0 aliphatic carbocycles. The Morgan fingerprint density at radius 3 is 2.62 bits per heavy atom. The summed E-state index contributed by atoms with van der Waals surface area (Å²) in [7, 11) is 2.02. The maximum atomic E-state index is 4.46. The standard InChI is InChI=1S/C13H25N3/c1-5-8-11(6-2)14-10-13-9-12(7-3)15-16(13)4/h9,11,14H,5-8,10H2,1-4H3. The predicted molar refractivity (Wildman–Crippen MR) is 68.4 cm³/mol. The van der Waals surface area contributed by atoms with Gasteiger partial charge in [0, 0.05) is 19.6 Å². The van der Waals surface area contributed by atoms with E-state index < -0.39 is 0 Å². The zero-order valence-electron chi connectivity index (χ0n) is 11.1. The van der Waals surface area contributed by atoms with Gasteiger partial charge in [-0.15, -0.1) is 0 Å². The molecule has 1 heterocycles. The van der Waals surface area contributed by atoms with Crippen molar-refractivity contribution >= 4 is 0 Å². The van der Waals surface area contributed by atoms with E-state index in [9.17, 15) is 0 Å². The van der Waals surface area contributed by atoms with E-state index in [0.29, 0.717) is 6.04 Å². The lowest BCUT2D eigenvalue weighted by Crippen LogP contribution is -2.28. The summed E-state index contributed by atoms with van der Waals surface area (Å²) in [5.41, 5.74) is 2.47. The van der Waals surface area contributed by atoms with Gasteiger partial charge in [0.2, 0.25) is 0 Å². The molecule has 1 rings (SSSR count). The van der Waals surface area contributed by atoms with Crippen molar-refractivity contribution in [3.63, 3.8) is 0 Å². The smallest absolute Gasteiger partial charge is 0.0625 e. The highest BCUT2D eigenvalue weighted by Crippen LogP contribution is 2.06. The van der Waals surface area contributed by atoms with Crippen molar-refractivity contribution < 1.29 is 0 Å². The molecule has 0 spiro atoms. The molecule has 0 saturated heterocycles. The summed E-state index contributed by atoms with van der Waals surface area (Å²) in [5, 5.41) is 8.06. The van der Waals surface area contributed by atoms with E-state index >= 15 is 0 Å². The minimum atomic E-state index is 0.643. The first kappa shape index (κ1) is 13.2. The zero-order valence-corrected chi connectivity index (χ0v) is 11.1. The Morgan fingerprint density at radius 2 is 2.12 bits per heavy atom. The van der Waals surface area contributed by atoms with Crippen LogP contribution in [0.2, 0.25) is 0 Å². The summed E-state index contributed by atoms with van der Waals surface area (Å²) >= 11 is 0. The number of rotatable bonds is 7. The van der Waals surface area contributed by atoms with E-state index in [-0.39, 0.29) is 0 Å². The molecule has 3 nitrogen and oxygen atoms in total. The normalized spacial score (nSPS) is 13.0. The van der Waals surface area contributed by atoms with E-state index in [4.69, 9.17) is 0 Å². The number of nitrogens with one attached hydrogen (secondary N) is 1. The van der Waals surface area contributed by atoms with Gasteiger partial charge in [-0.3, -0.25) is 4.68 Å². The summed E-state index contributed by atoms with van der Waals surface area (Å²) in [6.45, 7) is 7.56. The lowest BCUT2D eigenvalue weighted by atomic mass is 10.1. The molecule has 92 valence electrons. The van der Waals surface area contributed by atoms with Gasteiger partial charge in [-0.05, 0) is 25.3 Å². The third-order valence-electron chi connectivity index (χ3n) is 3.09. The molecule has 1 unspecified atom stereocenters. The van der Waals surface area contributed by atoms with E-state index in [2.05, 4.69) is 37.3 Å². The van der Waals surface area contributed by atoms with Gasteiger partial charge in [-0.25, -0.2) is 0 Å². The average Bonchev–Trinajstić information content (AvgIpc) is 2.65. The highest BCUT2D eigenvalue weighted by Gasteiger charge is 2.07. The number of aromatic nitrogens is 2. The fourth-order valence-corrected chi connectivity index (χ4v) is 1.96. The summed E-state index contributed by atoms with van der Waals surface area (Å²) in [6, 6.07) is 2.84. The summed E-state index contributed by atoms with van der Waals surface area (Å²) in [6.07, 6.45) is 4.72. The van der Waals surface area contributed by atoms with Gasteiger partial charge in [0.15, 0.2) is 0 Å². The molecule has 1 aromatic rings. The van der Waals surface area contributed by atoms with Gasteiger partial charge in [0.05, 0.1) is 11.4 Å². The fraction of sp³-hybridized carbons (Fsp3) is 0.769. The van der Waals surface area contributed by atoms with Crippen LogP contribution in [0.5, 0.6) is 0 Å². The fourth-order valence-electron chi connectivity index (χ4n) is 1.96. The van der Waals surface area contributed by atoms with E-state index in [1.807, 2.05) is 11.7 Å². The SMILES string of the molecule is CCCC(CC)NCc1cc(CC)nn1C. The Hall–Kier alpha value is -0.830. The first-order chi connectivity index (χ1) is 7.71. The Kier molecular flexibility index (Phi) is 5.53. The minimum absolute atomic E-state index is 0.643. The Morgan fingerprint density at radius 1 is 1.38 bits per heavy atom. The molecule has 0 aliphatic heterocycles. The van der Waals surface area contributed by atoms with Gasteiger partial charge in [-0.1, -0.05) is 27.2 Å². The second-order valence-corrected chi connectivity index (χ2v) is 4.38. The topological polar surface area (TPSA) is 29.9 Å². The van der Waals surface area contributed by atoms with Gasteiger partial charge < -0.3 is 5.32 Å². The molecule has 0 aliphatic rings. The molecular formula is C13H25N3. The lowest BCUT2D eigenvalue weighted by molar-refractivity contribution is 0.453. The van der Waals surface area contributed by atoms with Crippen molar-refractivity contribution in [1.82, 2.24) is 15.1 Å². The van der Waals surface area contributed by atoms with Crippen molar-refractivity contribution in [2.45, 2.75) is 59.0 Å². The third kappa shape index (κ3) is 3.63. The van der Waals surface area contributed by atoms with Gasteiger partial charge in [-0.2, -0.15) is 5.10 Å². The van der Waals surface area contributed by atoms with E-state index in [1.54, 1.807) is 0 Å². The van der Waals surface area contributed by atoms with Crippen LogP contribution in [0.1, 0.15) is 51.4 Å². The maximum Gasteiger partial charge on any atom is 0.0625 e. The van der Waals surface area contributed by atoms with Crippen LogP contribution in [0.15, 0.2) is 6.07 Å². The maximum absolute atomic E-state index is 4.46. The third-order valence-corrected chi connectivity index (χ3v) is 3.09. The van der Waals surface area contributed by atoms with Gasteiger partial charge >= 0.3 is 0 Å². The number of aryl methyl sites for hydroxylation is 2. The van der Waals surface area contributed by atoms with Gasteiger partial charge in [0.25, 0.3) is 0 Å². The molecule has 0 aromatic carbocycles. The quantitative estimate of drug-likeness (QED) is 0.770. The molecule has 0 fully saturated rings. The number of hydrogen-bond acceptors (Lipinski definition) is 2. The molecule has 16 heavy (non-hydrogen) atoms. The minimum Gasteiger partial charge on any atom is -0.308 e. The zero-order chi connectivity index (χ0) is 12.0.